The van der Waals surface area contributed by atoms with Crippen molar-refractivity contribution in [2.45, 2.75) is 6.42 Å². The van der Waals surface area contributed by atoms with E-state index in [1.54, 1.807) is 6.08 Å². The third-order valence-electron chi connectivity index (χ3n) is 2.76. The van der Waals surface area contributed by atoms with Gasteiger partial charge in [-0.25, -0.2) is 9.79 Å². The third kappa shape index (κ3) is 2.02. The smallest absolute Gasteiger partial charge is 0.363 e. The monoisotopic (exact) mass is 237 g/mol. The van der Waals surface area contributed by atoms with E-state index in [1.165, 1.54) is 0 Å². The minimum Gasteiger partial charge on any atom is -0.402 e. The zero-order chi connectivity index (χ0) is 12.4. The van der Waals surface area contributed by atoms with Crippen molar-refractivity contribution in [1.82, 2.24) is 0 Å². The Hall–Kier alpha value is -2.42. The first kappa shape index (κ1) is 10.7. The highest BCUT2D eigenvalue weighted by Crippen LogP contribution is 2.20. The van der Waals surface area contributed by atoms with Gasteiger partial charge in [0, 0.05) is 5.56 Å². The molecule has 0 N–H and O–H groups in total. The molecule has 0 unspecified atom stereocenters. The average Bonchev–Trinajstić information content (AvgIpc) is 3.02. The van der Waals surface area contributed by atoms with Crippen LogP contribution in [-0.4, -0.2) is 11.9 Å². The molecule has 0 spiro atoms. The second kappa shape index (κ2) is 4.45. The van der Waals surface area contributed by atoms with E-state index < -0.39 is 0 Å². The number of carbonyl (C=O) groups excluding carboxylic acids is 1. The Balaban J connectivity index is 1.90. The lowest BCUT2D eigenvalue weighted by molar-refractivity contribution is -0.130. The molecule has 3 heteroatoms. The molecule has 0 saturated carbocycles. The molecule has 3 rings (SSSR count). The highest BCUT2D eigenvalue weighted by molar-refractivity contribution is 6.11. The van der Waals surface area contributed by atoms with Crippen LogP contribution in [0.4, 0.5) is 0 Å². The Morgan fingerprint density at radius 3 is 2.78 bits per heavy atom. The van der Waals surface area contributed by atoms with Gasteiger partial charge in [0.05, 0.1) is 0 Å². The predicted octanol–water partition coefficient (Wildman–Crippen LogP) is 2.76. The summed E-state index contributed by atoms with van der Waals surface area (Å²) < 4.78 is 5.17. The molecule has 1 heterocycles. The van der Waals surface area contributed by atoms with Crippen molar-refractivity contribution >= 4 is 11.9 Å². The van der Waals surface area contributed by atoms with E-state index in [0.717, 1.165) is 17.6 Å². The summed E-state index contributed by atoms with van der Waals surface area (Å²) >= 11 is 0. The zero-order valence-electron chi connectivity index (χ0n) is 9.67. The van der Waals surface area contributed by atoms with Crippen LogP contribution < -0.4 is 0 Å². The van der Waals surface area contributed by atoms with Crippen LogP contribution in [0.2, 0.25) is 0 Å². The van der Waals surface area contributed by atoms with E-state index in [1.807, 2.05) is 48.6 Å². The van der Waals surface area contributed by atoms with E-state index in [-0.39, 0.29) is 5.97 Å². The minimum absolute atomic E-state index is 0.365. The van der Waals surface area contributed by atoms with Crippen LogP contribution in [-0.2, 0) is 9.53 Å². The summed E-state index contributed by atoms with van der Waals surface area (Å²) in [6.07, 6.45) is 8.59. The van der Waals surface area contributed by atoms with Crippen molar-refractivity contribution in [2.24, 2.45) is 4.99 Å². The van der Waals surface area contributed by atoms with Gasteiger partial charge < -0.3 is 4.74 Å². The van der Waals surface area contributed by atoms with Gasteiger partial charge in [0.2, 0.25) is 5.90 Å². The number of cyclic esters (lactones) is 1. The molecule has 1 aromatic rings. The van der Waals surface area contributed by atoms with Gasteiger partial charge in [-0.15, -0.1) is 0 Å². The van der Waals surface area contributed by atoms with Crippen molar-refractivity contribution in [3.05, 3.63) is 71.5 Å². The van der Waals surface area contributed by atoms with Crippen LogP contribution in [0.3, 0.4) is 0 Å². The number of esters is 1. The average molecular weight is 237 g/mol. The fourth-order valence-corrected chi connectivity index (χ4v) is 1.86. The predicted molar refractivity (Wildman–Crippen MR) is 69.0 cm³/mol. The first-order valence-electron chi connectivity index (χ1n) is 5.76. The molecule has 0 aromatic heterocycles. The molecular formula is C15H11NO2. The molecular weight excluding hydrogens is 226 g/mol. The topological polar surface area (TPSA) is 38.7 Å². The number of allylic oxidation sites excluding steroid dienone is 5. The number of nitrogens with zero attached hydrogens (tertiary/aromatic N) is 1. The molecule has 0 amide bonds. The number of hydrogen-bond donors (Lipinski definition) is 0. The first-order chi connectivity index (χ1) is 8.83. The Morgan fingerprint density at radius 2 is 2.06 bits per heavy atom. The summed E-state index contributed by atoms with van der Waals surface area (Å²) in [6, 6.07) is 9.41. The largest absolute Gasteiger partial charge is 0.402 e. The fourth-order valence-electron chi connectivity index (χ4n) is 1.86. The van der Waals surface area contributed by atoms with Gasteiger partial charge in [-0.1, -0.05) is 36.4 Å². The fraction of sp³-hybridized carbons (Fsp3) is 0.0667. The van der Waals surface area contributed by atoms with Crippen LogP contribution in [0.1, 0.15) is 12.0 Å². The minimum atomic E-state index is -0.387. The van der Waals surface area contributed by atoms with Gasteiger partial charge in [0.15, 0.2) is 5.70 Å². The Kier molecular flexibility index (Phi) is 2.65. The van der Waals surface area contributed by atoms with Gasteiger partial charge in [-0.05, 0) is 30.2 Å². The number of ether oxygens (including phenoxy) is 1. The number of carbonyl (C=O) groups is 1. The van der Waals surface area contributed by atoms with E-state index in [4.69, 9.17) is 4.74 Å². The van der Waals surface area contributed by atoms with E-state index in [2.05, 4.69) is 4.99 Å². The molecule has 1 aliphatic heterocycles. The van der Waals surface area contributed by atoms with Crippen molar-refractivity contribution in [3.8, 4) is 0 Å². The molecule has 0 bridgehead atoms. The summed E-state index contributed by atoms with van der Waals surface area (Å²) in [5.41, 5.74) is 2.25. The Labute approximate surface area is 105 Å². The van der Waals surface area contributed by atoms with Gasteiger partial charge in [-0.2, -0.15) is 0 Å². The highest BCUT2D eigenvalue weighted by atomic mass is 16.6. The SMILES string of the molecule is O=C1OC(c2ccccc2)=N/C1=C\C1=CC=CC1. The quantitative estimate of drug-likeness (QED) is 0.586. The van der Waals surface area contributed by atoms with Crippen molar-refractivity contribution < 1.29 is 9.53 Å². The van der Waals surface area contributed by atoms with Gasteiger partial charge in [-0.3, -0.25) is 0 Å². The second-order valence-electron chi connectivity index (χ2n) is 4.08. The highest BCUT2D eigenvalue weighted by Gasteiger charge is 2.24. The summed E-state index contributed by atoms with van der Waals surface area (Å²) in [7, 11) is 0. The summed E-state index contributed by atoms with van der Waals surface area (Å²) in [5.74, 6) is -0.0138. The van der Waals surface area contributed by atoms with Crippen LogP contribution in [0.25, 0.3) is 0 Å². The maximum atomic E-state index is 11.7. The summed E-state index contributed by atoms with van der Waals surface area (Å²) in [4.78, 5) is 15.9. The number of benzene rings is 1. The van der Waals surface area contributed by atoms with Gasteiger partial charge in [0.25, 0.3) is 0 Å². The lowest BCUT2D eigenvalue weighted by atomic mass is 10.2. The molecule has 1 aliphatic carbocycles. The van der Waals surface area contributed by atoms with Crippen molar-refractivity contribution in [1.29, 1.82) is 0 Å². The molecule has 88 valence electrons. The number of rotatable bonds is 2. The lowest BCUT2D eigenvalue weighted by Gasteiger charge is -1.97. The van der Waals surface area contributed by atoms with Gasteiger partial charge in [0.1, 0.15) is 0 Å². The zero-order valence-corrected chi connectivity index (χ0v) is 9.67. The molecule has 0 atom stereocenters. The second-order valence-corrected chi connectivity index (χ2v) is 4.08. The molecule has 18 heavy (non-hydrogen) atoms. The van der Waals surface area contributed by atoms with E-state index >= 15 is 0 Å². The number of hydrogen-bond acceptors (Lipinski definition) is 3. The van der Waals surface area contributed by atoms with Crippen LogP contribution in [0.5, 0.6) is 0 Å². The van der Waals surface area contributed by atoms with Crippen LogP contribution in [0.15, 0.2) is 70.9 Å². The Morgan fingerprint density at radius 1 is 1.22 bits per heavy atom. The van der Waals surface area contributed by atoms with E-state index in [0.29, 0.717) is 11.6 Å². The van der Waals surface area contributed by atoms with Crippen molar-refractivity contribution in [3.63, 3.8) is 0 Å². The first-order valence-corrected chi connectivity index (χ1v) is 5.76. The van der Waals surface area contributed by atoms with Gasteiger partial charge >= 0.3 is 5.97 Å². The van der Waals surface area contributed by atoms with Crippen LogP contribution in [0, 0.1) is 0 Å². The van der Waals surface area contributed by atoms with Crippen LogP contribution >= 0.6 is 0 Å². The maximum absolute atomic E-state index is 11.7. The molecule has 0 fully saturated rings. The lowest BCUT2D eigenvalue weighted by Crippen LogP contribution is -2.05. The molecule has 0 radical (unpaired) electrons. The summed E-state index contributed by atoms with van der Waals surface area (Å²) in [6.45, 7) is 0. The Bertz CT molecular complexity index is 607. The maximum Gasteiger partial charge on any atom is 0.363 e. The molecule has 2 aliphatic rings. The number of aliphatic imine (C=N–C) groups is 1. The van der Waals surface area contributed by atoms with E-state index in [9.17, 15) is 4.79 Å². The third-order valence-corrected chi connectivity index (χ3v) is 2.76. The molecule has 3 nitrogen and oxygen atoms in total. The summed E-state index contributed by atoms with van der Waals surface area (Å²) in [5, 5.41) is 0. The standard InChI is InChI=1S/C15H11NO2/c17-15-13(10-11-6-4-5-7-11)16-14(18-15)12-8-2-1-3-9-12/h1-6,8-10H,7H2/b13-10-. The van der Waals surface area contributed by atoms with Crippen molar-refractivity contribution in [2.75, 3.05) is 0 Å². The molecule has 1 aromatic carbocycles. The molecule has 0 saturated heterocycles. The normalized spacial score (nSPS) is 20.0.